The van der Waals surface area contributed by atoms with Crippen molar-refractivity contribution in [2.24, 2.45) is 0 Å². The van der Waals surface area contributed by atoms with Gasteiger partial charge in [0.25, 0.3) is 10.1 Å². The average molecular weight is 271 g/mol. The highest BCUT2D eigenvalue weighted by atomic mass is 32.2. The van der Waals surface area contributed by atoms with Crippen LogP contribution in [0, 0.1) is 0 Å². The van der Waals surface area contributed by atoms with E-state index in [1.165, 1.54) is 0 Å². The van der Waals surface area contributed by atoms with Crippen molar-refractivity contribution in [3.8, 4) is 0 Å². The molecule has 0 heterocycles. The Labute approximate surface area is 96.3 Å². The number of rotatable bonds is 8. The molecule has 0 fully saturated rings. The highest BCUT2D eigenvalue weighted by Crippen LogP contribution is 2.32. The second kappa shape index (κ2) is 7.06. The van der Waals surface area contributed by atoms with Gasteiger partial charge in [-0.25, -0.2) is 4.18 Å². The summed E-state index contributed by atoms with van der Waals surface area (Å²) < 4.78 is 42.4. The molecule has 0 radical (unpaired) electrons. The molecule has 0 aromatic carbocycles. The van der Waals surface area contributed by atoms with Gasteiger partial charge in [-0.3, -0.25) is 4.79 Å². The van der Waals surface area contributed by atoms with Gasteiger partial charge in [-0.05, 0) is 11.0 Å². The van der Waals surface area contributed by atoms with Crippen LogP contribution in [0.5, 0.6) is 0 Å². The molecule has 6 nitrogen and oxygen atoms in total. The summed E-state index contributed by atoms with van der Waals surface area (Å²) in [6.07, 6.45) is 2.32. The predicted octanol–water partition coefficient (Wildman–Crippen LogP) is 1.44. The average Bonchev–Trinajstić information content (AvgIpc) is 2.12. The third-order valence-corrected chi connectivity index (χ3v) is 3.50. The van der Waals surface area contributed by atoms with Crippen LogP contribution < -0.4 is 0 Å². The highest BCUT2D eigenvalue weighted by Gasteiger charge is 2.41. The molecule has 0 aliphatic rings. The molecule has 0 saturated carbocycles. The number of carbonyl (C=O) groups is 1. The quantitative estimate of drug-likeness (QED) is 0.377. The first kappa shape index (κ1) is 15.6. The molecule has 0 bridgehead atoms. The summed E-state index contributed by atoms with van der Waals surface area (Å²) in [6.45, 7) is 3.24. The van der Waals surface area contributed by atoms with Crippen LogP contribution in [-0.2, 0) is 28.2 Å². The molecular weight excluding hydrogens is 255 g/mol. The van der Waals surface area contributed by atoms with Gasteiger partial charge in [-0.1, -0.05) is 13.3 Å². The fourth-order valence-electron chi connectivity index (χ4n) is 0.783. The van der Waals surface area contributed by atoms with Crippen LogP contribution in [0.15, 0.2) is 0 Å². The Morgan fingerprint density at radius 2 is 2.00 bits per heavy atom. The summed E-state index contributed by atoms with van der Waals surface area (Å²) in [5.74, 6) is -2.18. The van der Waals surface area contributed by atoms with E-state index in [2.05, 4.69) is 4.18 Å². The van der Waals surface area contributed by atoms with Crippen molar-refractivity contribution < 1.29 is 26.5 Å². The van der Waals surface area contributed by atoms with Crippen molar-refractivity contribution in [2.45, 2.75) is 32.5 Å². The zero-order valence-electron chi connectivity index (χ0n) is 9.50. The summed E-state index contributed by atoms with van der Waals surface area (Å²) >= 11 is 0. The van der Waals surface area contributed by atoms with Crippen LogP contribution in [-0.4, -0.2) is 32.9 Å². The normalized spacial score (nSPS) is 14.6. The Balaban J connectivity index is 4.43. The van der Waals surface area contributed by atoms with E-state index in [-0.39, 0.29) is 6.61 Å². The number of hydrogen-bond donors (Lipinski definition) is 0. The fourth-order valence-corrected chi connectivity index (χ4v) is 2.74. The van der Waals surface area contributed by atoms with Gasteiger partial charge in [-0.2, -0.15) is 8.42 Å². The van der Waals surface area contributed by atoms with Crippen molar-refractivity contribution in [1.29, 1.82) is 0 Å². The molecule has 8 heteroatoms. The summed E-state index contributed by atoms with van der Waals surface area (Å²) in [5.41, 5.74) is 0. The number of Topliss-reactive ketones (excluding diaryl/α,β-unsaturated/α-hetero) is 1. The molecule has 94 valence electrons. The maximum absolute atomic E-state index is 11.5. The minimum Gasteiger partial charge on any atom is -0.292 e. The molecule has 0 rings (SSSR count). The first-order valence-electron chi connectivity index (χ1n) is 4.76. The van der Waals surface area contributed by atoms with Crippen molar-refractivity contribution in [3.63, 3.8) is 0 Å². The molecular formula is C8H16O6PS+. The van der Waals surface area contributed by atoms with Gasteiger partial charge in [0.15, 0.2) is 0 Å². The van der Waals surface area contributed by atoms with E-state index >= 15 is 0 Å². The van der Waals surface area contributed by atoms with E-state index < -0.39 is 29.8 Å². The van der Waals surface area contributed by atoms with Crippen LogP contribution >= 0.6 is 8.03 Å². The van der Waals surface area contributed by atoms with Gasteiger partial charge in [0.05, 0.1) is 6.26 Å². The van der Waals surface area contributed by atoms with E-state index in [4.69, 9.17) is 4.52 Å². The van der Waals surface area contributed by atoms with E-state index in [1.807, 2.05) is 6.92 Å². The fraction of sp³-hybridized carbons (Fsp3) is 0.875. The van der Waals surface area contributed by atoms with E-state index in [1.54, 1.807) is 0 Å². The van der Waals surface area contributed by atoms with Gasteiger partial charge in [0.1, 0.15) is 6.61 Å². The second-order valence-electron chi connectivity index (χ2n) is 3.24. The van der Waals surface area contributed by atoms with Gasteiger partial charge >= 0.3 is 13.9 Å². The van der Waals surface area contributed by atoms with Crippen LogP contribution in [0.2, 0.25) is 0 Å². The Morgan fingerprint density at radius 3 is 2.38 bits per heavy atom. The molecule has 0 spiro atoms. The molecule has 0 aliphatic carbocycles. The van der Waals surface area contributed by atoms with Crippen LogP contribution in [0.1, 0.15) is 26.7 Å². The van der Waals surface area contributed by atoms with Crippen LogP contribution in [0.3, 0.4) is 0 Å². The number of ketones is 1. The standard InChI is InChI=1S/C8H16O6PS/c1-4-5-6-13-15(10)8(7(2)9)14-16(3,11)12/h8H,4-6H2,1-3H3/q+1. The first-order valence-corrected chi connectivity index (χ1v) is 7.82. The predicted molar refractivity (Wildman–Crippen MR) is 58.9 cm³/mol. The Morgan fingerprint density at radius 1 is 1.44 bits per heavy atom. The first-order chi connectivity index (χ1) is 7.28. The molecule has 2 unspecified atom stereocenters. The van der Waals surface area contributed by atoms with Crippen molar-refractivity contribution in [3.05, 3.63) is 0 Å². The molecule has 0 aromatic heterocycles. The number of carbonyl (C=O) groups excluding carboxylic acids is 1. The highest BCUT2D eigenvalue weighted by molar-refractivity contribution is 7.86. The minimum absolute atomic E-state index is 0.211. The SMILES string of the molecule is CCCCO[P+](=O)C(OS(C)(=O)=O)C(C)=O. The van der Waals surface area contributed by atoms with Crippen molar-refractivity contribution in [1.82, 2.24) is 0 Å². The number of hydrogen-bond acceptors (Lipinski definition) is 6. The van der Waals surface area contributed by atoms with Gasteiger partial charge in [0, 0.05) is 6.92 Å². The molecule has 16 heavy (non-hydrogen) atoms. The molecule has 0 N–H and O–H groups in total. The van der Waals surface area contributed by atoms with Crippen LogP contribution in [0.4, 0.5) is 0 Å². The van der Waals surface area contributed by atoms with Crippen LogP contribution in [0.25, 0.3) is 0 Å². The Hall–Kier alpha value is -0.360. The molecule has 0 aliphatic heterocycles. The van der Waals surface area contributed by atoms with E-state index in [9.17, 15) is 17.8 Å². The third kappa shape index (κ3) is 7.00. The molecule has 0 saturated heterocycles. The molecule has 0 aromatic rings. The lowest BCUT2D eigenvalue weighted by molar-refractivity contribution is -0.120. The lowest BCUT2D eigenvalue weighted by Gasteiger charge is -2.02. The monoisotopic (exact) mass is 271 g/mol. The largest absolute Gasteiger partial charge is 0.550 e. The Kier molecular flexibility index (Phi) is 6.90. The lowest BCUT2D eigenvalue weighted by atomic mass is 10.4. The van der Waals surface area contributed by atoms with E-state index in [0.717, 1.165) is 19.6 Å². The molecule has 2 atom stereocenters. The van der Waals surface area contributed by atoms with Gasteiger partial charge < -0.3 is 0 Å². The third-order valence-electron chi connectivity index (χ3n) is 1.52. The molecule has 0 amide bonds. The van der Waals surface area contributed by atoms with E-state index in [0.29, 0.717) is 6.42 Å². The van der Waals surface area contributed by atoms with Gasteiger partial charge in [0.2, 0.25) is 5.78 Å². The van der Waals surface area contributed by atoms with Crippen molar-refractivity contribution in [2.75, 3.05) is 12.9 Å². The summed E-state index contributed by atoms with van der Waals surface area (Å²) in [7, 11) is -6.29. The van der Waals surface area contributed by atoms with Gasteiger partial charge in [-0.15, -0.1) is 4.52 Å². The number of unbranched alkanes of at least 4 members (excludes halogenated alkanes) is 1. The zero-order chi connectivity index (χ0) is 12.8. The Bertz CT molecular complexity index is 350. The smallest absolute Gasteiger partial charge is 0.292 e. The second-order valence-corrected chi connectivity index (χ2v) is 6.13. The zero-order valence-corrected chi connectivity index (χ0v) is 11.2. The topological polar surface area (TPSA) is 86.7 Å². The maximum Gasteiger partial charge on any atom is 0.550 e. The summed E-state index contributed by atoms with van der Waals surface area (Å²) in [5, 5.41) is 0. The summed E-state index contributed by atoms with van der Waals surface area (Å²) in [4.78, 5) is 11.0. The summed E-state index contributed by atoms with van der Waals surface area (Å²) in [6, 6.07) is 0. The minimum atomic E-state index is -3.83. The van der Waals surface area contributed by atoms with Crippen molar-refractivity contribution >= 4 is 23.9 Å². The maximum atomic E-state index is 11.5. The lowest BCUT2D eigenvalue weighted by Crippen LogP contribution is -2.22.